The first-order chi connectivity index (χ1) is 9.40. The molecule has 2 rings (SSSR count). The topological polar surface area (TPSA) is 35.0 Å². The average molecular weight is 303 g/mol. The number of hydrogen-bond donors (Lipinski definition) is 0. The molecule has 0 aliphatic rings. The smallest absolute Gasteiger partial charge is 0.416 e. The van der Waals surface area contributed by atoms with Crippen LogP contribution in [0.2, 0.25) is 0 Å². The molecule has 7 heteroatoms. The van der Waals surface area contributed by atoms with Gasteiger partial charge in [0.05, 0.1) is 11.4 Å². The number of aryl methyl sites for hydroxylation is 1. The number of benzene rings is 1. The Bertz CT molecular complexity index is 600. The molecule has 0 N–H and O–H groups in total. The number of ether oxygens (including phenoxy) is 1. The highest BCUT2D eigenvalue weighted by atomic mass is 35.5. The van der Waals surface area contributed by atoms with Crippen LogP contribution in [0.3, 0.4) is 0 Å². The van der Waals surface area contributed by atoms with Gasteiger partial charge >= 0.3 is 12.2 Å². The third-order valence-electron chi connectivity index (χ3n) is 2.59. The standard InChI is InChI=1S/C13H10ClF3N2O/c1-8-9(6-14)7-18-12(19-8)20-11-4-2-10(3-5-11)13(15,16)17/h2-5,7H,6H2,1H3. The fourth-order valence-corrected chi connectivity index (χ4v) is 1.73. The number of alkyl halides is 4. The molecule has 106 valence electrons. The van der Waals surface area contributed by atoms with Crippen molar-refractivity contribution < 1.29 is 17.9 Å². The zero-order valence-corrected chi connectivity index (χ0v) is 11.2. The molecule has 3 nitrogen and oxygen atoms in total. The van der Waals surface area contributed by atoms with Gasteiger partial charge in [-0.15, -0.1) is 11.6 Å². The highest BCUT2D eigenvalue weighted by molar-refractivity contribution is 6.17. The third kappa shape index (κ3) is 3.39. The van der Waals surface area contributed by atoms with Crippen LogP contribution < -0.4 is 4.74 Å². The van der Waals surface area contributed by atoms with Crippen molar-refractivity contribution in [3.05, 3.63) is 47.3 Å². The van der Waals surface area contributed by atoms with E-state index in [-0.39, 0.29) is 17.6 Å². The molecule has 0 saturated carbocycles. The van der Waals surface area contributed by atoms with Crippen LogP contribution in [0.25, 0.3) is 0 Å². The summed E-state index contributed by atoms with van der Waals surface area (Å²) in [5.74, 6) is 0.517. The van der Waals surface area contributed by atoms with Gasteiger partial charge in [-0.25, -0.2) is 4.98 Å². The number of hydrogen-bond acceptors (Lipinski definition) is 3. The molecule has 0 aliphatic heterocycles. The molecule has 0 aliphatic carbocycles. The first-order valence-corrected chi connectivity index (χ1v) is 6.17. The second kappa shape index (κ2) is 5.66. The van der Waals surface area contributed by atoms with Crippen LogP contribution in [-0.2, 0) is 12.1 Å². The highest BCUT2D eigenvalue weighted by Crippen LogP contribution is 2.30. The van der Waals surface area contributed by atoms with Crippen LogP contribution >= 0.6 is 11.6 Å². The maximum absolute atomic E-state index is 12.4. The van der Waals surface area contributed by atoms with E-state index in [1.54, 1.807) is 6.92 Å². The Labute approximate surface area is 118 Å². The summed E-state index contributed by atoms with van der Waals surface area (Å²) in [4.78, 5) is 8.01. The minimum absolute atomic E-state index is 0.0659. The van der Waals surface area contributed by atoms with Gasteiger partial charge in [-0.2, -0.15) is 18.2 Å². The van der Waals surface area contributed by atoms with Crippen LogP contribution in [0, 0.1) is 6.92 Å². The average Bonchev–Trinajstić information content (AvgIpc) is 2.38. The summed E-state index contributed by atoms with van der Waals surface area (Å²) in [6, 6.07) is 4.38. The molecule has 20 heavy (non-hydrogen) atoms. The fraction of sp³-hybridized carbons (Fsp3) is 0.231. The Hall–Kier alpha value is -1.82. The van der Waals surface area contributed by atoms with Gasteiger partial charge in [-0.3, -0.25) is 0 Å². The SMILES string of the molecule is Cc1nc(Oc2ccc(C(F)(F)F)cc2)ncc1CCl. The first-order valence-electron chi connectivity index (χ1n) is 5.64. The van der Waals surface area contributed by atoms with Gasteiger partial charge < -0.3 is 4.74 Å². The lowest BCUT2D eigenvalue weighted by Crippen LogP contribution is -2.04. The van der Waals surface area contributed by atoms with Gasteiger partial charge in [-0.1, -0.05) is 0 Å². The van der Waals surface area contributed by atoms with Crippen molar-refractivity contribution in [3.63, 3.8) is 0 Å². The van der Waals surface area contributed by atoms with Crippen LogP contribution in [0.15, 0.2) is 30.5 Å². The third-order valence-corrected chi connectivity index (χ3v) is 2.88. The van der Waals surface area contributed by atoms with E-state index in [9.17, 15) is 13.2 Å². The second-order valence-corrected chi connectivity index (χ2v) is 4.29. The maximum Gasteiger partial charge on any atom is 0.416 e. The number of aromatic nitrogens is 2. The molecule has 1 aromatic carbocycles. The van der Waals surface area contributed by atoms with E-state index >= 15 is 0 Å². The molecule has 0 unspecified atom stereocenters. The summed E-state index contributed by atoms with van der Waals surface area (Å²) in [6.07, 6.45) is -2.84. The number of rotatable bonds is 3. The van der Waals surface area contributed by atoms with Crippen molar-refractivity contribution in [1.29, 1.82) is 0 Å². The molecule has 0 spiro atoms. The van der Waals surface area contributed by atoms with Gasteiger partial charge in [-0.05, 0) is 31.2 Å². The van der Waals surface area contributed by atoms with E-state index in [4.69, 9.17) is 16.3 Å². The first kappa shape index (κ1) is 14.6. The van der Waals surface area contributed by atoms with Gasteiger partial charge in [0.25, 0.3) is 0 Å². The molecule has 0 saturated heterocycles. The fourth-order valence-electron chi connectivity index (χ4n) is 1.47. The molecule has 0 atom stereocenters. The lowest BCUT2D eigenvalue weighted by atomic mass is 10.2. The number of nitrogens with zero attached hydrogens (tertiary/aromatic N) is 2. The monoisotopic (exact) mass is 302 g/mol. The van der Waals surface area contributed by atoms with E-state index in [2.05, 4.69) is 9.97 Å². The van der Waals surface area contributed by atoms with Gasteiger partial charge in [0.2, 0.25) is 0 Å². The normalized spacial score (nSPS) is 11.4. The Kier molecular flexibility index (Phi) is 4.13. The van der Waals surface area contributed by atoms with E-state index < -0.39 is 11.7 Å². The minimum atomic E-state index is -4.37. The molecular formula is C13H10ClF3N2O. The van der Waals surface area contributed by atoms with E-state index in [0.29, 0.717) is 5.69 Å². The van der Waals surface area contributed by atoms with Crippen molar-refractivity contribution in [2.75, 3.05) is 0 Å². The summed E-state index contributed by atoms with van der Waals surface area (Å²) < 4.78 is 42.5. The van der Waals surface area contributed by atoms with E-state index in [1.165, 1.54) is 18.3 Å². The van der Waals surface area contributed by atoms with Gasteiger partial charge in [0.1, 0.15) is 5.75 Å². The van der Waals surface area contributed by atoms with Gasteiger partial charge in [0.15, 0.2) is 0 Å². The molecule has 0 amide bonds. The molecular weight excluding hydrogens is 293 g/mol. The molecule has 2 aromatic rings. The molecule has 0 bridgehead atoms. The van der Waals surface area contributed by atoms with Crippen molar-refractivity contribution in [2.45, 2.75) is 19.0 Å². The Morgan fingerprint density at radius 3 is 2.35 bits per heavy atom. The summed E-state index contributed by atoms with van der Waals surface area (Å²) in [5, 5.41) is 0. The maximum atomic E-state index is 12.4. The predicted molar refractivity (Wildman–Crippen MR) is 67.8 cm³/mol. The Morgan fingerprint density at radius 2 is 1.85 bits per heavy atom. The van der Waals surface area contributed by atoms with E-state index in [0.717, 1.165) is 17.7 Å². The summed E-state index contributed by atoms with van der Waals surface area (Å²) in [6.45, 7) is 1.75. The predicted octanol–water partition coefficient (Wildman–Crippen LogP) is 4.33. The Balaban J connectivity index is 2.16. The zero-order valence-electron chi connectivity index (χ0n) is 10.4. The lowest BCUT2D eigenvalue weighted by molar-refractivity contribution is -0.137. The summed E-state index contributed by atoms with van der Waals surface area (Å²) in [5.41, 5.74) is 0.697. The van der Waals surface area contributed by atoms with Crippen molar-refractivity contribution in [2.24, 2.45) is 0 Å². The molecule has 1 heterocycles. The molecule has 1 aromatic heterocycles. The lowest BCUT2D eigenvalue weighted by Gasteiger charge is -2.08. The summed E-state index contributed by atoms with van der Waals surface area (Å²) >= 11 is 5.68. The highest BCUT2D eigenvalue weighted by Gasteiger charge is 2.30. The van der Waals surface area contributed by atoms with Crippen LogP contribution in [0.1, 0.15) is 16.8 Å². The van der Waals surface area contributed by atoms with Crippen LogP contribution in [-0.4, -0.2) is 9.97 Å². The van der Waals surface area contributed by atoms with Crippen molar-refractivity contribution in [3.8, 4) is 11.8 Å². The Morgan fingerprint density at radius 1 is 1.20 bits per heavy atom. The van der Waals surface area contributed by atoms with Crippen molar-refractivity contribution in [1.82, 2.24) is 9.97 Å². The van der Waals surface area contributed by atoms with E-state index in [1.807, 2.05) is 0 Å². The zero-order chi connectivity index (χ0) is 14.8. The molecule has 0 fully saturated rings. The quantitative estimate of drug-likeness (QED) is 0.791. The summed E-state index contributed by atoms with van der Waals surface area (Å²) in [7, 11) is 0. The van der Waals surface area contributed by atoms with Crippen LogP contribution in [0.5, 0.6) is 11.8 Å². The molecule has 0 radical (unpaired) electrons. The van der Waals surface area contributed by atoms with Crippen LogP contribution in [0.4, 0.5) is 13.2 Å². The number of halogens is 4. The van der Waals surface area contributed by atoms with Crippen molar-refractivity contribution >= 4 is 11.6 Å². The minimum Gasteiger partial charge on any atom is -0.424 e. The second-order valence-electron chi connectivity index (χ2n) is 4.02. The largest absolute Gasteiger partial charge is 0.424 e. The van der Waals surface area contributed by atoms with Gasteiger partial charge in [0, 0.05) is 17.5 Å².